The quantitative estimate of drug-likeness (QED) is 0.406. The van der Waals surface area contributed by atoms with Crippen molar-refractivity contribution in [2.45, 2.75) is 13.5 Å². The van der Waals surface area contributed by atoms with Gasteiger partial charge in [0.25, 0.3) is 0 Å². The van der Waals surface area contributed by atoms with Crippen LogP contribution in [0.4, 0.5) is 4.79 Å². The van der Waals surface area contributed by atoms with Gasteiger partial charge in [-0.05, 0) is 18.6 Å². The Morgan fingerprint density at radius 3 is 2.63 bits per heavy atom. The largest absolute Gasteiger partial charge is 0.478 e. The van der Waals surface area contributed by atoms with E-state index < -0.39 is 6.03 Å². The molecule has 0 unspecified atom stereocenters. The third-order valence-corrected chi connectivity index (χ3v) is 5.41. The molecule has 174 valence electrons. The van der Waals surface area contributed by atoms with Crippen LogP contribution in [-0.4, -0.2) is 46.8 Å². The average molecular weight is 467 g/mol. The Morgan fingerprint density at radius 1 is 1.06 bits per heavy atom. The minimum Gasteiger partial charge on any atom is -0.478 e. The van der Waals surface area contributed by atoms with E-state index in [1.807, 2.05) is 38.5 Å². The Labute approximate surface area is 200 Å². The minimum atomic E-state index is -0.390. The Morgan fingerprint density at radius 2 is 1.91 bits per heavy atom. The first-order chi connectivity index (χ1) is 17.1. The number of aryl methyl sites for hydroxylation is 1. The van der Waals surface area contributed by atoms with Gasteiger partial charge in [0, 0.05) is 66.7 Å². The Bertz CT molecular complexity index is 1550. The van der Waals surface area contributed by atoms with Crippen LogP contribution < -0.4 is 10.1 Å². The number of hydrogen-bond acceptors (Lipinski definition) is 7. The Hall–Kier alpha value is -4.98. The lowest BCUT2D eigenvalue weighted by Gasteiger charge is -2.07. The molecule has 0 aliphatic heterocycles. The molecule has 0 radical (unpaired) electrons. The summed E-state index contributed by atoms with van der Waals surface area (Å²) in [7, 11) is 1.84. The summed E-state index contributed by atoms with van der Waals surface area (Å²) >= 11 is 0. The fraction of sp³-hybridized carbons (Fsp3) is 0.167. The van der Waals surface area contributed by atoms with Crippen molar-refractivity contribution in [3.05, 3.63) is 72.7 Å². The third kappa shape index (κ3) is 4.32. The normalized spacial score (nSPS) is 10.9. The second-order valence-corrected chi connectivity index (χ2v) is 7.78. The minimum absolute atomic E-state index is 0.287. The van der Waals surface area contributed by atoms with Gasteiger partial charge >= 0.3 is 6.03 Å². The topological polar surface area (TPSA) is 128 Å². The van der Waals surface area contributed by atoms with Crippen molar-refractivity contribution in [3.63, 3.8) is 0 Å². The zero-order valence-electron chi connectivity index (χ0n) is 19.1. The van der Waals surface area contributed by atoms with E-state index in [0.29, 0.717) is 29.1 Å². The lowest BCUT2D eigenvalue weighted by Crippen LogP contribution is -2.28. The summed E-state index contributed by atoms with van der Waals surface area (Å²) in [6.45, 7) is 2.72. The second-order valence-electron chi connectivity index (χ2n) is 7.78. The van der Waals surface area contributed by atoms with E-state index in [2.05, 4.69) is 31.7 Å². The number of nitrogens with zero attached hydrogens (tertiary/aromatic N) is 8. The summed E-state index contributed by atoms with van der Waals surface area (Å²) in [5.74, 6) is 0.538. The highest BCUT2D eigenvalue weighted by Gasteiger charge is 2.17. The molecule has 0 aliphatic carbocycles. The highest BCUT2D eigenvalue weighted by molar-refractivity contribution is 5.88. The fourth-order valence-electron chi connectivity index (χ4n) is 3.73. The SMILES string of the molecule is CCOc1ccc(CNC(=O)n2cc(-c3cc(-c4cnn(C)c4)cn4ncc(C#N)c34)cn2)cn1. The molecule has 5 heterocycles. The van der Waals surface area contributed by atoms with Crippen molar-refractivity contribution in [1.29, 1.82) is 5.26 Å². The molecule has 1 amide bonds. The number of carbonyl (C=O) groups excluding carboxylic acids is 1. The third-order valence-electron chi connectivity index (χ3n) is 5.41. The molecule has 11 nitrogen and oxygen atoms in total. The predicted octanol–water partition coefficient (Wildman–Crippen LogP) is 3.02. The molecule has 0 saturated heterocycles. The van der Waals surface area contributed by atoms with Crippen molar-refractivity contribution in [3.8, 4) is 34.2 Å². The fourth-order valence-corrected chi connectivity index (χ4v) is 3.73. The highest BCUT2D eigenvalue weighted by atomic mass is 16.5. The molecular formula is C24H21N9O2. The maximum absolute atomic E-state index is 12.7. The van der Waals surface area contributed by atoms with Crippen LogP contribution in [0, 0.1) is 11.3 Å². The number of fused-ring (bicyclic) bond motifs is 1. The van der Waals surface area contributed by atoms with Crippen LogP contribution in [0.5, 0.6) is 5.88 Å². The van der Waals surface area contributed by atoms with Gasteiger partial charge in [0.05, 0.1) is 36.3 Å². The molecule has 5 rings (SSSR count). The number of aromatic nitrogens is 7. The van der Waals surface area contributed by atoms with Crippen molar-refractivity contribution in [2.24, 2.45) is 7.05 Å². The Kier molecular flexibility index (Phi) is 5.68. The van der Waals surface area contributed by atoms with Gasteiger partial charge in [-0.15, -0.1) is 0 Å². The molecule has 0 spiro atoms. The maximum atomic E-state index is 12.7. The van der Waals surface area contributed by atoms with Crippen LogP contribution >= 0.6 is 0 Å². The van der Waals surface area contributed by atoms with E-state index in [4.69, 9.17) is 4.74 Å². The number of amides is 1. The molecule has 11 heteroatoms. The van der Waals surface area contributed by atoms with E-state index in [0.717, 1.165) is 22.3 Å². The lowest BCUT2D eigenvalue weighted by molar-refractivity contribution is 0.239. The van der Waals surface area contributed by atoms with Gasteiger partial charge in [0.1, 0.15) is 6.07 Å². The van der Waals surface area contributed by atoms with E-state index in [9.17, 15) is 10.1 Å². The zero-order chi connectivity index (χ0) is 24.4. The monoisotopic (exact) mass is 467 g/mol. The van der Waals surface area contributed by atoms with Crippen LogP contribution in [-0.2, 0) is 13.6 Å². The smallest absolute Gasteiger partial charge is 0.342 e. The van der Waals surface area contributed by atoms with Gasteiger partial charge in [0.15, 0.2) is 0 Å². The van der Waals surface area contributed by atoms with Crippen molar-refractivity contribution in [1.82, 2.24) is 39.5 Å². The summed E-state index contributed by atoms with van der Waals surface area (Å²) in [6, 6.07) is 7.34. The number of hydrogen-bond donors (Lipinski definition) is 1. The number of ether oxygens (including phenoxy) is 1. The molecule has 5 aromatic heterocycles. The van der Waals surface area contributed by atoms with Gasteiger partial charge < -0.3 is 10.1 Å². The summed E-state index contributed by atoms with van der Waals surface area (Å²) in [4.78, 5) is 16.9. The predicted molar refractivity (Wildman–Crippen MR) is 126 cm³/mol. The number of nitrogens with one attached hydrogen (secondary N) is 1. The first kappa shape index (κ1) is 21.8. The molecule has 35 heavy (non-hydrogen) atoms. The number of pyridine rings is 2. The molecule has 0 aliphatic rings. The first-order valence-electron chi connectivity index (χ1n) is 10.9. The van der Waals surface area contributed by atoms with Gasteiger partial charge in [-0.2, -0.15) is 25.2 Å². The second kappa shape index (κ2) is 9.11. The van der Waals surface area contributed by atoms with Gasteiger partial charge in [-0.25, -0.2) is 14.3 Å². The van der Waals surface area contributed by atoms with Gasteiger partial charge in [-0.3, -0.25) is 4.68 Å². The van der Waals surface area contributed by atoms with E-state index >= 15 is 0 Å². The van der Waals surface area contributed by atoms with Crippen molar-refractivity contribution in [2.75, 3.05) is 6.61 Å². The molecule has 0 atom stereocenters. The molecule has 0 aromatic carbocycles. The number of carbonyl (C=O) groups is 1. The molecule has 1 N–H and O–H groups in total. The summed E-state index contributed by atoms with van der Waals surface area (Å²) < 4.78 is 9.94. The van der Waals surface area contributed by atoms with Crippen LogP contribution in [0.2, 0.25) is 0 Å². The van der Waals surface area contributed by atoms with E-state index in [1.54, 1.807) is 40.1 Å². The molecular weight excluding hydrogens is 446 g/mol. The summed E-state index contributed by atoms with van der Waals surface area (Å²) in [6.07, 6.45) is 11.9. The van der Waals surface area contributed by atoms with Crippen LogP contribution in [0.25, 0.3) is 27.8 Å². The summed E-state index contributed by atoms with van der Waals surface area (Å²) in [5.41, 5.74) is 5.08. The molecule has 0 bridgehead atoms. The van der Waals surface area contributed by atoms with Gasteiger partial charge in [0.2, 0.25) is 5.88 Å². The zero-order valence-corrected chi connectivity index (χ0v) is 19.1. The average Bonchev–Trinajstić information content (AvgIpc) is 3.62. The Balaban J connectivity index is 1.42. The van der Waals surface area contributed by atoms with Crippen molar-refractivity contribution < 1.29 is 9.53 Å². The molecule has 0 fully saturated rings. The van der Waals surface area contributed by atoms with Crippen molar-refractivity contribution >= 4 is 11.5 Å². The van der Waals surface area contributed by atoms with Crippen LogP contribution in [0.3, 0.4) is 0 Å². The maximum Gasteiger partial charge on any atom is 0.342 e. The van der Waals surface area contributed by atoms with Crippen LogP contribution in [0.15, 0.2) is 61.6 Å². The lowest BCUT2D eigenvalue weighted by atomic mass is 10.0. The first-order valence-corrected chi connectivity index (χ1v) is 10.9. The summed E-state index contributed by atoms with van der Waals surface area (Å²) in [5, 5.41) is 25.2. The standard InChI is InChI=1S/C24H21N9O2/c1-3-35-22-5-4-16(8-26-22)9-27-24(34)33-15-20(12-30-33)21-6-17(19-11-28-31(2)13-19)14-32-23(21)18(7-25)10-29-32/h4-6,8,10-15H,3,9H2,1-2H3,(H,27,34). The van der Waals surface area contributed by atoms with Crippen LogP contribution in [0.1, 0.15) is 18.1 Å². The molecule has 0 saturated carbocycles. The van der Waals surface area contributed by atoms with Gasteiger partial charge in [-0.1, -0.05) is 6.07 Å². The number of nitriles is 1. The number of rotatable bonds is 6. The highest BCUT2D eigenvalue weighted by Crippen LogP contribution is 2.31. The van der Waals surface area contributed by atoms with E-state index in [-0.39, 0.29) is 6.54 Å². The van der Waals surface area contributed by atoms with E-state index in [1.165, 1.54) is 10.9 Å². The molecule has 5 aromatic rings.